The molecule has 0 saturated heterocycles. The lowest BCUT2D eigenvalue weighted by atomic mass is 10.1. The highest BCUT2D eigenvalue weighted by molar-refractivity contribution is 5.61. The molecule has 0 N–H and O–H groups in total. The van der Waals surface area contributed by atoms with Crippen LogP contribution < -0.4 is 4.90 Å². The van der Waals surface area contributed by atoms with Crippen molar-refractivity contribution in [2.45, 2.75) is 46.1 Å². The molecule has 1 aliphatic heterocycles. The fraction of sp³-hybridized carbons (Fsp3) is 0.571. The zero-order valence-corrected chi connectivity index (χ0v) is 10.1. The molecule has 0 spiro atoms. The minimum absolute atomic E-state index is 0.878. The lowest BCUT2D eigenvalue weighted by Crippen LogP contribution is -2.22. The first-order valence-corrected chi connectivity index (χ1v) is 6.21. The molecule has 0 unspecified atom stereocenters. The van der Waals surface area contributed by atoms with Gasteiger partial charge in [0.2, 0.25) is 0 Å². The molecule has 0 amide bonds. The van der Waals surface area contributed by atoms with Crippen LogP contribution >= 0.6 is 0 Å². The third kappa shape index (κ3) is 1.88. The van der Waals surface area contributed by atoms with Crippen molar-refractivity contribution in [2.75, 3.05) is 11.4 Å². The Hall–Kier alpha value is -0.980. The van der Waals surface area contributed by atoms with E-state index in [9.17, 15) is 0 Å². The molecule has 1 aromatic carbocycles. The summed E-state index contributed by atoms with van der Waals surface area (Å²) in [5, 5.41) is 0. The lowest BCUT2D eigenvalue weighted by molar-refractivity contribution is 0.830. The number of hydrogen-bond acceptors (Lipinski definition) is 1. The molecule has 0 bridgehead atoms. The van der Waals surface area contributed by atoms with Gasteiger partial charge in [-0.1, -0.05) is 26.0 Å². The lowest BCUT2D eigenvalue weighted by Gasteiger charge is -2.18. The van der Waals surface area contributed by atoms with E-state index in [4.69, 9.17) is 0 Å². The van der Waals surface area contributed by atoms with Gasteiger partial charge >= 0.3 is 0 Å². The van der Waals surface area contributed by atoms with Crippen molar-refractivity contribution in [1.29, 1.82) is 0 Å². The Morgan fingerprint density at radius 3 is 2.60 bits per heavy atom. The standard InChI is InChI=1S/C12H15N.C2H6/c1-9-3-2-4-12-11(9)7-8-13(12)10-5-6-10;1-2/h2-4,10H,5-8H2,1H3;1-2H3. The molecule has 0 aromatic heterocycles. The molecule has 1 fully saturated rings. The van der Waals surface area contributed by atoms with E-state index in [2.05, 4.69) is 30.0 Å². The van der Waals surface area contributed by atoms with Crippen molar-refractivity contribution < 1.29 is 0 Å². The maximum absolute atomic E-state index is 2.60. The van der Waals surface area contributed by atoms with Gasteiger partial charge in [-0.15, -0.1) is 0 Å². The zero-order valence-electron chi connectivity index (χ0n) is 10.1. The van der Waals surface area contributed by atoms with Crippen LogP contribution in [0.4, 0.5) is 5.69 Å². The van der Waals surface area contributed by atoms with Gasteiger partial charge in [-0.3, -0.25) is 0 Å². The fourth-order valence-corrected chi connectivity index (χ4v) is 2.40. The Bertz CT molecular complexity index is 339. The van der Waals surface area contributed by atoms with Gasteiger partial charge in [-0.05, 0) is 43.4 Å². The average molecular weight is 203 g/mol. The van der Waals surface area contributed by atoms with E-state index in [1.807, 2.05) is 13.8 Å². The Morgan fingerprint density at radius 2 is 1.93 bits per heavy atom. The van der Waals surface area contributed by atoms with Crippen LogP contribution in [0, 0.1) is 6.92 Å². The summed E-state index contributed by atoms with van der Waals surface area (Å²) in [7, 11) is 0. The van der Waals surface area contributed by atoms with Crippen LogP contribution in [0.15, 0.2) is 18.2 Å². The van der Waals surface area contributed by atoms with Crippen molar-refractivity contribution in [2.24, 2.45) is 0 Å². The number of aryl methyl sites for hydroxylation is 1. The average Bonchev–Trinajstić information content (AvgIpc) is 3.02. The third-order valence-corrected chi connectivity index (χ3v) is 3.29. The van der Waals surface area contributed by atoms with E-state index < -0.39 is 0 Å². The van der Waals surface area contributed by atoms with Crippen LogP contribution in [0.3, 0.4) is 0 Å². The molecule has 1 nitrogen and oxygen atoms in total. The second-order valence-corrected chi connectivity index (χ2v) is 4.25. The molecule has 1 saturated carbocycles. The first-order valence-electron chi connectivity index (χ1n) is 6.21. The molecular formula is C14H21N. The van der Waals surface area contributed by atoms with E-state index in [0.29, 0.717) is 0 Å². The van der Waals surface area contributed by atoms with Gasteiger partial charge in [0.15, 0.2) is 0 Å². The van der Waals surface area contributed by atoms with E-state index in [0.717, 1.165) is 6.04 Å². The van der Waals surface area contributed by atoms with Crippen LogP contribution in [0.25, 0.3) is 0 Å². The number of nitrogens with zero attached hydrogens (tertiary/aromatic N) is 1. The molecule has 3 rings (SSSR count). The number of hydrogen-bond donors (Lipinski definition) is 0. The molecule has 2 aliphatic rings. The van der Waals surface area contributed by atoms with Crippen molar-refractivity contribution >= 4 is 5.69 Å². The van der Waals surface area contributed by atoms with Crippen LogP contribution in [-0.4, -0.2) is 12.6 Å². The largest absolute Gasteiger partial charge is 0.368 e. The summed E-state index contributed by atoms with van der Waals surface area (Å²) in [5.41, 5.74) is 4.58. The second kappa shape index (κ2) is 4.26. The Balaban J connectivity index is 0.000000404. The fourth-order valence-electron chi connectivity index (χ4n) is 2.40. The van der Waals surface area contributed by atoms with Crippen molar-refractivity contribution in [3.05, 3.63) is 29.3 Å². The molecule has 82 valence electrons. The monoisotopic (exact) mass is 203 g/mol. The van der Waals surface area contributed by atoms with E-state index in [1.165, 1.54) is 37.1 Å². The summed E-state index contributed by atoms with van der Waals surface area (Å²) in [4.78, 5) is 2.60. The van der Waals surface area contributed by atoms with Crippen molar-refractivity contribution in [1.82, 2.24) is 0 Å². The second-order valence-electron chi connectivity index (χ2n) is 4.25. The highest BCUT2D eigenvalue weighted by Crippen LogP contribution is 2.38. The summed E-state index contributed by atoms with van der Waals surface area (Å²) in [6.07, 6.45) is 4.08. The predicted octanol–water partition coefficient (Wildman–Crippen LogP) is 3.55. The number of fused-ring (bicyclic) bond motifs is 1. The maximum atomic E-state index is 2.60. The molecule has 1 aliphatic carbocycles. The summed E-state index contributed by atoms with van der Waals surface area (Å²) in [5.74, 6) is 0. The van der Waals surface area contributed by atoms with E-state index in [1.54, 1.807) is 5.56 Å². The Labute approximate surface area is 93.1 Å². The molecule has 0 radical (unpaired) electrons. The first kappa shape index (κ1) is 10.5. The van der Waals surface area contributed by atoms with Crippen LogP contribution in [0.5, 0.6) is 0 Å². The van der Waals surface area contributed by atoms with E-state index in [-0.39, 0.29) is 0 Å². The molecule has 1 aromatic rings. The van der Waals surface area contributed by atoms with Crippen LogP contribution in [0.1, 0.15) is 37.8 Å². The van der Waals surface area contributed by atoms with Gasteiger partial charge < -0.3 is 4.90 Å². The van der Waals surface area contributed by atoms with Gasteiger partial charge in [0, 0.05) is 18.3 Å². The Morgan fingerprint density at radius 1 is 1.20 bits per heavy atom. The first-order chi connectivity index (χ1) is 7.36. The number of rotatable bonds is 1. The molecule has 15 heavy (non-hydrogen) atoms. The quantitative estimate of drug-likeness (QED) is 0.674. The van der Waals surface area contributed by atoms with Gasteiger partial charge in [0.25, 0.3) is 0 Å². The molecule has 1 heterocycles. The van der Waals surface area contributed by atoms with Crippen LogP contribution in [-0.2, 0) is 6.42 Å². The summed E-state index contributed by atoms with van der Waals surface area (Å²) < 4.78 is 0. The third-order valence-electron chi connectivity index (χ3n) is 3.29. The predicted molar refractivity (Wildman–Crippen MR) is 66.6 cm³/mol. The highest BCUT2D eigenvalue weighted by Gasteiger charge is 2.33. The van der Waals surface area contributed by atoms with E-state index >= 15 is 0 Å². The van der Waals surface area contributed by atoms with Crippen molar-refractivity contribution in [3.8, 4) is 0 Å². The smallest absolute Gasteiger partial charge is 0.0404 e. The van der Waals surface area contributed by atoms with Gasteiger partial charge in [-0.25, -0.2) is 0 Å². The van der Waals surface area contributed by atoms with Gasteiger partial charge in [0.05, 0.1) is 0 Å². The summed E-state index contributed by atoms with van der Waals surface area (Å²) in [6.45, 7) is 7.49. The van der Waals surface area contributed by atoms with Gasteiger partial charge in [0.1, 0.15) is 0 Å². The molecular weight excluding hydrogens is 182 g/mol. The number of benzene rings is 1. The SMILES string of the molecule is CC.Cc1cccc2c1CCN2C1CC1. The normalized spacial score (nSPS) is 18.2. The van der Waals surface area contributed by atoms with Crippen LogP contribution in [0.2, 0.25) is 0 Å². The maximum Gasteiger partial charge on any atom is 0.0404 e. The topological polar surface area (TPSA) is 3.24 Å². The molecule has 1 heteroatoms. The number of anilines is 1. The van der Waals surface area contributed by atoms with Gasteiger partial charge in [-0.2, -0.15) is 0 Å². The summed E-state index contributed by atoms with van der Waals surface area (Å²) >= 11 is 0. The minimum atomic E-state index is 0.878. The zero-order chi connectivity index (χ0) is 10.8. The summed E-state index contributed by atoms with van der Waals surface area (Å²) in [6, 6.07) is 7.58. The Kier molecular flexibility index (Phi) is 2.99. The molecule has 0 atom stereocenters. The minimum Gasteiger partial charge on any atom is -0.368 e. The van der Waals surface area contributed by atoms with Crippen molar-refractivity contribution in [3.63, 3.8) is 0 Å². The highest BCUT2D eigenvalue weighted by atomic mass is 15.2.